The zero-order valence-electron chi connectivity index (χ0n) is 8.60. The van der Waals surface area contributed by atoms with Crippen molar-refractivity contribution in [1.82, 2.24) is 0 Å². The highest BCUT2D eigenvalue weighted by Crippen LogP contribution is 2.23. The first-order chi connectivity index (χ1) is 7.83. The molecule has 0 saturated heterocycles. The van der Waals surface area contributed by atoms with E-state index in [4.69, 9.17) is 5.73 Å². The van der Waals surface area contributed by atoms with Crippen LogP contribution in [0.4, 0.5) is 5.13 Å². The van der Waals surface area contributed by atoms with Gasteiger partial charge in [0.05, 0.1) is 0 Å². The molecule has 0 spiro atoms. The minimum atomic E-state index is 0.739. The molecule has 78 valence electrons. The molecule has 0 atom stereocenters. The Bertz CT molecular complexity index is 643. The number of nitrogens with one attached hydrogen (secondary N) is 1. The minimum Gasteiger partial charge on any atom is -0.278 e. The summed E-state index contributed by atoms with van der Waals surface area (Å²) in [4.78, 5) is 3.15. The number of nitrogen functional groups attached to an aromatic ring is 1. The first-order valence-electron chi connectivity index (χ1n) is 5.08. The number of hydrogen-bond acceptors (Lipinski definition) is 2. The number of aromatic nitrogens is 1. The summed E-state index contributed by atoms with van der Waals surface area (Å²) < 4.78 is 0. The summed E-state index contributed by atoms with van der Waals surface area (Å²) in [5.74, 6) is 0. The molecule has 1 heterocycles. The van der Waals surface area contributed by atoms with E-state index in [-0.39, 0.29) is 0 Å². The molecule has 1 aromatic heterocycles. The Balaban J connectivity index is 2.18. The van der Waals surface area contributed by atoms with Crippen molar-refractivity contribution >= 4 is 27.2 Å². The molecule has 0 radical (unpaired) electrons. The first-order valence-corrected chi connectivity index (χ1v) is 5.96. The van der Waals surface area contributed by atoms with Crippen molar-refractivity contribution in [2.75, 3.05) is 5.73 Å². The van der Waals surface area contributed by atoms with Crippen LogP contribution in [0.1, 0.15) is 0 Å². The fourth-order valence-corrected chi connectivity index (χ4v) is 2.42. The number of aromatic amines is 1. The van der Waals surface area contributed by atoms with E-state index in [9.17, 15) is 0 Å². The van der Waals surface area contributed by atoms with Gasteiger partial charge < -0.3 is 0 Å². The lowest BCUT2D eigenvalue weighted by atomic mass is 10.1. The molecule has 0 bridgehead atoms. The van der Waals surface area contributed by atoms with Gasteiger partial charge in [-0.1, -0.05) is 47.7 Å². The molecule has 3 N–H and O–H groups in total. The molecule has 0 aliphatic heterocycles. The number of benzene rings is 2. The molecular formula is C13H11N2S+. The second-order valence-electron chi connectivity index (χ2n) is 3.70. The molecule has 3 rings (SSSR count). The Morgan fingerprint density at radius 1 is 1.00 bits per heavy atom. The van der Waals surface area contributed by atoms with E-state index in [2.05, 4.69) is 47.4 Å². The van der Waals surface area contributed by atoms with Crippen LogP contribution >= 0.6 is 11.3 Å². The smallest absolute Gasteiger partial charge is 0.278 e. The lowest BCUT2D eigenvalue weighted by Crippen LogP contribution is -2.06. The van der Waals surface area contributed by atoms with Crippen LogP contribution in [0.25, 0.3) is 22.0 Å². The first kappa shape index (κ1) is 9.36. The van der Waals surface area contributed by atoms with E-state index in [0.717, 1.165) is 10.8 Å². The predicted molar refractivity (Wildman–Crippen MR) is 68.2 cm³/mol. The van der Waals surface area contributed by atoms with Gasteiger partial charge in [-0.3, -0.25) is 5.73 Å². The van der Waals surface area contributed by atoms with Gasteiger partial charge >= 0.3 is 5.13 Å². The van der Waals surface area contributed by atoms with Crippen LogP contribution in [-0.2, 0) is 0 Å². The summed E-state index contributed by atoms with van der Waals surface area (Å²) in [6.07, 6.45) is 0. The molecular weight excluding hydrogens is 216 g/mol. The normalized spacial score (nSPS) is 10.8. The number of nitrogens with two attached hydrogens (primary N) is 1. The molecule has 0 saturated carbocycles. The van der Waals surface area contributed by atoms with Crippen molar-refractivity contribution in [3.05, 3.63) is 47.8 Å². The zero-order valence-corrected chi connectivity index (χ0v) is 9.42. The van der Waals surface area contributed by atoms with E-state index < -0.39 is 0 Å². The third kappa shape index (κ3) is 1.55. The maximum Gasteiger partial charge on any atom is 0.329 e. The maximum absolute atomic E-state index is 5.69. The van der Waals surface area contributed by atoms with Crippen LogP contribution in [0.15, 0.2) is 47.8 Å². The molecule has 0 aliphatic carbocycles. The van der Waals surface area contributed by atoms with Gasteiger partial charge in [0, 0.05) is 10.9 Å². The number of H-pyrrole nitrogens is 1. The standard InChI is InChI=1S/C13H10N2S/c14-13-15-12(8-16-13)11-6-5-9-3-1-2-4-10(9)7-11/h1-8H,(H2,14,15)/p+1. The van der Waals surface area contributed by atoms with E-state index >= 15 is 0 Å². The van der Waals surface area contributed by atoms with Gasteiger partial charge in [0.15, 0.2) is 0 Å². The highest BCUT2D eigenvalue weighted by Gasteiger charge is 2.06. The number of hydrogen-bond donors (Lipinski definition) is 1. The SMILES string of the molecule is Nc1[nH+]c(-c2ccc3ccccc3c2)cs1. The third-order valence-corrected chi connectivity index (χ3v) is 3.33. The number of fused-ring (bicyclic) bond motifs is 1. The summed E-state index contributed by atoms with van der Waals surface area (Å²) >= 11 is 1.53. The van der Waals surface area contributed by atoms with Gasteiger partial charge in [0.1, 0.15) is 5.69 Å². The van der Waals surface area contributed by atoms with Crippen LogP contribution in [0.3, 0.4) is 0 Å². The summed E-state index contributed by atoms with van der Waals surface area (Å²) in [5, 5.41) is 5.29. The predicted octanol–water partition coefficient (Wildman–Crippen LogP) is 2.96. The number of thiazole rings is 1. The number of rotatable bonds is 1. The Morgan fingerprint density at radius 2 is 1.81 bits per heavy atom. The van der Waals surface area contributed by atoms with Crippen molar-refractivity contribution in [1.29, 1.82) is 0 Å². The van der Waals surface area contributed by atoms with Gasteiger partial charge in [-0.05, 0) is 16.8 Å². The second kappa shape index (κ2) is 3.61. The monoisotopic (exact) mass is 227 g/mol. The Morgan fingerprint density at radius 3 is 2.56 bits per heavy atom. The molecule has 2 aromatic carbocycles. The molecule has 3 heteroatoms. The van der Waals surface area contributed by atoms with Gasteiger partial charge in [0.2, 0.25) is 0 Å². The fraction of sp³-hybridized carbons (Fsp3) is 0. The second-order valence-corrected chi connectivity index (χ2v) is 4.61. The summed E-state index contributed by atoms with van der Waals surface area (Å²) in [6, 6.07) is 14.8. The highest BCUT2D eigenvalue weighted by molar-refractivity contribution is 7.13. The molecule has 3 aromatic rings. The largest absolute Gasteiger partial charge is 0.329 e. The molecule has 2 nitrogen and oxygen atoms in total. The van der Waals surface area contributed by atoms with Crippen LogP contribution in [0.5, 0.6) is 0 Å². The topological polar surface area (TPSA) is 40.2 Å². The molecule has 0 aliphatic rings. The van der Waals surface area contributed by atoms with Gasteiger partial charge in [-0.15, -0.1) is 0 Å². The third-order valence-electron chi connectivity index (χ3n) is 2.62. The van der Waals surface area contributed by atoms with Crippen molar-refractivity contribution in [2.45, 2.75) is 0 Å². The van der Waals surface area contributed by atoms with Crippen LogP contribution in [0, 0.1) is 0 Å². The van der Waals surface area contributed by atoms with Gasteiger partial charge in [-0.2, -0.15) is 0 Å². The average molecular weight is 227 g/mol. The lowest BCUT2D eigenvalue weighted by molar-refractivity contribution is -0.340. The number of anilines is 1. The molecule has 0 fully saturated rings. The van der Waals surface area contributed by atoms with E-state index in [1.54, 1.807) is 0 Å². The van der Waals surface area contributed by atoms with E-state index in [1.165, 1.54) is 27.7 Å². The fourth-order valence-electron chi connectivity index (χ4n) is 1.81. The molecule has 0 amide bonds. The summed E-state index contributed by atoms with van der Waals surface area (Å²) in [7, 11) is 0. The van der Waals surface area contributed by atoms with Gasteiger partial charge in [0.25, 0.3) is 0 Å². The van der Waals surface area contributed by atoms with Crippen LogP contribution in [-0.4, -0.2) is 0 Å². The quantitative estimate of drug-likeness (QED) is 0.682. The molecule has 16 heavy (non-hydrogen) atoms. The summed E-state index contributed by atoms with van der Waals surface area (Å²) in [6.45, 7) is 0. The average Bonchev–Trinajstić information content (AvgIpc) is 2.75. The van der Waals surface area contributed by atoms with Crippen molar-refractivity contribution in [3.63, 3.8) is 0 Å². The van der Waals surface area contributed by atoms with Crippen LogP contribution in [0.2, 0.25) is 0 Å². The molecule has 0 unspecified atom stereocenters. The Kier molecular flexibility index (Phi) is 2.11. The Hall–Kier alpha value is -1.87. The van der Waals surface area contributed by atoms with Crippen molar-refractivity contribution in [2.24, 2.45) is 0 Å². The lowest BCUT2D eigenvalue weighted by Gasteiger charge is -1.99. The zero-order chi connectivity index (χ0) is 11.0. The minimum absolute atomic E-state index is 0.739. The van der Waals surface area contributed by atoms with Gasteiger partial charge in [-0.25, -0.2) is 4.98 Å². The highest BCUT2D eigenvalue weighted by atomic mass is 32.1. The van der Waals surface area contributed by atoms with Crippen LogP contribution < -0.4 is 10.7 Å². The van der Waals surface area contributed by atoms with E-state index in [1.807, 2.05) is 5.38 Å². The Labute approximate surface area is 97.4 Å². The summed E-state index contributed by atoms with van der Waals surface area (Å²) in [5.41, 5.74) is 7.94. The van der Waals surface area contributed by atoms with Crippen molar-refractivity contribution in [3.8, 4) is 11.3 Å². The van der Waals surface area contributed by atoms with Crippen molar-refractivity contribution < 1.29 is 4.98 Å². The van der Waals surface area contributed by atoms with E-state index in [0.29, 0.717) is 0 Å². The maximum atomic E-state index is 5.69.